The Labute approximate surface area is 122 Å². The van der Waals surface area contributed by atoms with Crippen molar-refractivity contribution in [3.05, 3.63) is 24.3 Å². The van der Waals surface area contributed by atoms with Crippen LogP contribution in [0.3, 0.4) is 0 Å². The highest BCUT2D eigenvalue weighted by Gasteiger charge is 2.51. The molecule has 0 atom stereocenters. The second kappa shape index (κ2) is 7.46. The predicted molar refractivity (Wildman–Crippen MR) is 85.0 cm³/mol. The Kier molecular flexibility index (Phi) is 6.96. The molecule has 1 aliphatic rings. The molecule has 1 saturated heterocycles. The van der Waals surface area contributed by atoms with Crippen LogP contribution in [0.5, 0.6) is 0 Å². The van der Waals surface area contributed by atoms with Crippen LogP contribution in [0.25, 0.3) is 0 Å². The minimum Gasteiger partial charge on any atom is -0.399 e. The molecule has 0 saturated carbocycles. The molecule has 1 fully saturated rings. The van der Waals surface area contributed by atoms with Gasteiger partial charge in [0.2, 0.25) is 0 Å². The first kappa shape index (κ1) is 18.7. The maximum Gasteiger partial charge on any atom is 0.494 e. The average Bonchev–Trinajstić information content (AvgIpc) is 2.64. The molecule has 112 valence electrons. The van der Waals surface area contributed by atoms with Crippen molar-refractivity contribution >= 4 is 25.1 Å². The summed E-state index contributed by atoms with van der Waals surface area (Å²) in [6.07, 6.45) is 0. The van der Waals surface area contributed by atoms with E-state index in [4.69, 9.17) is 19.8 Å². The Morgan fingerprint density at radius 3 is 1.65 bits per heavy atom. The second-order valence-electron chi connectivity index (χ2n) is 5.25. The van der Waals surface area contributed by atoms with Crippen molar-refractivity contribution < 1.29 is 14.1 Å². The number of anilines is 1. The third-order valence-corrected chi connectivity index (χ3v) is 3.46. The van der Waals surface area contributed by atoms with Crippen molar-refractivity contribution in [3.63, 3.8) is 0 Å². The van der Waals surface area contributed by atoms with E-state index in [2.05, 4.69) is 0 Å². The fourth-order valence-electron chi connectivity index (χ4n) is 1.63. The molecular weight excluding hydrogens is 253 g/mol. The van der Waals surface area contributed by atoms with E-state index in [1.165, 1.54) is 0 Å². The molecule has 0 aromatic heterocycles. The topological polar surface area (TPSA) is 61.5 Å². The molecule has 20 heavy (non-hydrogen) atoms. The summed E-state index contributed by atoms with van der Waals surface area (Å²) in [7, 11) is -0.300. The van der Waals surface area contributed by atoms with E-state index in [-0.39, 0.29) is 18.3 Å². The fraction of sp³-hybridized carbons (Fsp3) is 0.533. The van der Waals surface area contributed by atoms with Crippen LogP contribution in [-0.2, 0) is 14.1 Å². The van der Waals surface area contributed by atoms with E-state index in [9.17, 15) is 0 Å². The van der Waals surface area contributed by atoms with Crippen LogP contribution in [0, 0.1) is 0 Å². The lowest BCUT2D eigenvalue weighted by molar-refractivity contribution is -0.0979. The van der Waals surface area contributed by atoms with Crippen LogP contribution in [-0.4, -0.2) is 25.1 Å². The first-order valence-corrected chi connectivity index (χ1v) is 6.82. The van der Waals surface area contributed by atoms with Crippen LogP contribution in [0.15, 0.2) is 24.3 Å². The van der Waals surface area contributed by atoms with Crippen molar-refractivity contribution in [1.82, 2.24) is 0 Å². The molecule has 1 heterocycles. The number of carbonyl (C=O) groups excluding carboxylic acids is 1. The van der Waals surface area contributed by atoms with E-state index < -0.39 is 0 Å². The summed E-state index contributed by atoms with van der Waals surface area (Å²) in [6, 6.07) is 7.61. The molecule has 2 rings (SSSR count). The van der Waals surface area contributed by atoms with Gasteiger partial charge in [-0.25, -0.2) is 0 Å². The number of carbonyl (C=O) groups is 1. The van der Waals surface area contributed by atoms with Crippen LogP contribution in [0.1, 0.15) is 41.5 Å². The van der Waals surface area contributed by atoms with E-state index in [0.29, 0.717) is 0 Å². The molecule has 2 N–H and O–H groups in total. The number of rotatable bonds is 1. The number of hydrogen-bond donors (Lipinski definition) is 1. The standard InChI is InChI=1S/C12H18BNO2.C2H6.CH2O/c1-11(2)12(3,4)16-13(15-11)9-5-7-10(14)8-6-9;2*1-2/h5-8H,14H2,1-4H3;1-2H3;1H2. The normalized spacial score (nSPS) is 18.4. The van der Waals surface area contributed by atoms with Gasteiger partial charge in [-0.1, -0.05) is 26.0 Å². The van der Waals surface area contributed by atoms with Crippen molar-refractivity contribution in [2.75, 3.05) is 5.73 Å². The van der Waals surface area contributed by atoms with Gasteiger partial charge in [0.1, 0.15) is 6.79 Å². The second-order valence-corrected chi connectivity index (χ2v) is 5.25. The molecule has 0 bridgehead atoms. The van der Waals surface area contributed by atoms with Gasteiger partial charge in [-0.3, -0.25) is 0 Å². The van der Waals surface area contributed by atoms with Crippen molar-refractivity contribution in [2.45, 2.75) is 52.7 Å². The Balaban J connectivity index is 0.000000829. The number of nitrogens with two attached hydrogens (primary N) is 1. The highest BCUT2D eigenvalue weighted by Crippen LogP contribution is 2.36. The largest absolute Gasteiger partial charge is 0.494 e. The van der Waals surface area contributed by atoms with Crippen molar-refractivity contribution in [1.29, 1.82) is 0 Å². The minimum absolute atomic E-state index is 0.293. The van der Waals surface area contributed by atoms with Crippen LogP contribution < -0.4 is 11.2 Å². The van der Waals surface area contributed by atoms with Crippen LogP contribution >= 0.6 is 0 Å². The van der Waals surface area contributed by atoms with Crippen LogP contribution in [0.4, 0.5) is 5.69 Å². The fourth-order valence-corrected chi connectivity index (χ4v) is 1.63. The lowest BCUT2D eigenvalue weighted by atomic mass is 9.79. The highest BCUT2D eigenvalue weighted by atomic mass is 16.7. The van der Waals surface area contributed by atoms with Gasteiger partial charge >= 0.3 is 7.12 Å². The monoisotopic (exact) mass is 279 g/mol. The zero-order valence-corrected chi connectivity index (χ0v) is 13.4. The molecule has 0 spiro atoms. The summed E-state index contributed by atoms with van der Waals surface area (Å²) < 4.78 is 11.9. The molecule has 1 aliphatic heterocycles. The first-order chi connectivity index (χ1) is 9.32. The molecule has 0 aliphatic carbocycles. The summed E-state index contributed by atoms with van der Waals surface area (Å²) in [5.41, 5.74) is 6.82. The number of hydrogen-bond acceptors (Lipinski definition) is 4. The van der Waals surface area contributed by atoms with Gasteiger partial charge in [0.15, 0.2) is 0 Å². The molecule has 1 aromatic rings. The third-order valence-electron chi connectivity index (χ3n) is 3.46. The molecule has 0 unspecified atom stereocenters. The summed E-state index contributed by atoms with van der Waals surface area (Å²) in [5.74, 6) is 0. The average molecular weight is 279 g/mol. The minimum atomic E-state index is -0.300. The SMILES string of the molecule is C=O.CC.CC1(C)OB(c2ccc(N)cc2)OC1(C)C. The molecule has 0 radical (unpaired) electrons. The lowest BCUT2D eigenvalue weighted by Crippen LogP contribution is -2.41. The Morgan fingerprint density at radius 2 is 1.30 bits per heavy atom. The number of nitrogen functional groups attached to an aromatic ring is 1. The third kappa shape index (κ3) is 4.08. The molecule has 1 aromatic carbocycles. The van der Waals surface area contributed by atoms with Gasteiger partial charge in [0.25, 0.3) is 0 Å². The van der Waals surface area contributed by atoms with Gasteiger partial charge in [-0.05, 0) is 45.3 Å². The molecule has 5 heteroatoms. The number of benzene rings is 1. The van der Waals surface area contributed by atoms with Crippen LogP contribution in [0.2, 0.25) is 0 Å². The zero-order chi connectivity index (χ0) is 16.0. The van der Waals surface area contributed by atoms with E-state index in [1.807, 2.05) is 72.6 Å². The smallest absolute Gasteiger partial charge is 0.399 e. The lowest BCUT2D eigenvalue weighted by Gasteiger charge is -2.32. The summed E-state index contributed by atoms with van der Waals surface area (Å²) in [6.45, 7) is 14.2. The Hall–Kier alpha value is -1.33. The van der Waals surface area contributed by atoms with E-state index in [1.54, 1.807) is 0 Å². The summed E-state index contributed by atoms with van der Waals surface area (Å²) in [5, 5.41) is 0. The Bertz CT molecular complexity index is 388. The van der Waals surface area contributed by atoms with Gasteiger partial charge in [0, 0.05) is 5.69 Å². The van der Waals surface area contributed by atoms with Crippen molar-refractivity contribution in [2.24, 2.45) is 0 Å². The van der Waals surface area contributed by atoms with E-state index >= 15 is 0 Å². The molecule has 4 nitrogen and oxygen atoms in total. The van der Waals surface area contributed by atoms with Gasteiger partial charge in [0.05, 0.1) is 11.2 Å². The maximum absolute atomic E-state index is 8.00. The quantitative estimate of drug-likeness (QED) is 0.633. The maximum atomic E-state index is 8.00. The van der Waals surface area contributed by atoms with Gasteiger partial charge < -0.3 is 19.8 Å². The highest BCUT2D eigenvalue weighted by molar-refractivity contribution is 6.62. The zero-order valence-electron chi connectivity index (χ0n) is 13.4. The molecule has 0 amide bonds. The van der Waals surface area contributed by atoms with Gasteiger partial charge in [-0.15, -0.1) is 0 Å². The van der Waals surface area contributed by atoms with E-state index in [0.717, 1.165) is 11.2 Å². The van der Waals surface area contributed by atoms with Crippen molar-refractivity contribution in [3.8, 4) is 0 Å². The summed E-state index contributed by atoms with van der Waals surface area (Å²) >= 11 is 0. The van der Waals surface area contributed by atoms with Gasteiger partial charge in [-0.2, -0.15) is 0 Å². The predicted octanol–water partition coefficient (Wildman–Crippen LogP) is 2.41. The summed E-state index contributed by atoms with van der Waals surface area (Å²) in [4.78, 5) is 8.00. The Morgan fingerprint density at radius 1 is 0.950 bits per heavy atom. The molecular formula is C15H26BNO3. The first-order valence-electron chi connectivity index (χ1n) is 6.82.